The fourth-order valence-electron chi connectivity index (χ4n) is 4.21. The van der Waals surface area contributed by atoms with Crippen LogP contribution in [0.25, 0.3) is 6.08 Å². The highest BCUT2D eigenvalue weighted by Crippen LogP contribution is 2.36. The highest BCUT2D eigenvalue weighted by atomic mass is 79.9. The zero-order chi connectivity index (χ0) is 26.7. The van der Waals surface area contributed by atoms with Crippen LogP contribution in [0.4, 0.5) is 0 Å². The third kappa shape index (κ3) is 5.39. The van der Waals surface area contributed by atoms with Crippen molar-refractivity contribution in [3.8, 4) is 11.5 Å². The average Bonchev–Trinajstić information content (AvgIpc) is 3.18. The van der Waals surface area contributed by atoms with Gasteiger partial charge >= 0.3 is 5.97 Å². The first kappa shape index (κ1) is 27.2. The standard InChI is InChI=1S/C27H26BrClN2O5S/c1-5-7-19-23(26(33)36-6-2)24(16-9-11-20(34-3)17(28)14-16)31-25(32)22(37-27(31)30-19)13-15-8-10-21(35-4)18(29)12-15/h8-14,24H,5-7H2,1-4H3/b22-13+/t24-/m0/s1. The number of rotatable bonds is 8. The molecule has 7 nitrogen and oxygen atoms in total. The quantitative estimate of drug-likeness (QED) is 0.337. The van der Waals surface area contributed by atoms with Crippen LogP contribution in [0.2, 0.25) is 5.02 Å². The van der Waals surface area contributed by atoms with Gasteiger partial charge in [0.2, 0.25) is 0 Å². The van der Waals surface area contributed by atoms with Gasteiger partial charge in [0.1, 0.15) is 11.5 Å². The summed E-state index contributed by atoms with van der Waals surface area (Å²) < 4.78 is 18.8. The normalized spacial score (nSPS) is 15.3. The molecule has 1 aliphatic heterocycles. The van der Waals surface area contributed by atoms with E-state index in [9.17, 15) is 9.59 Å². The number of carbonyl (C=O) groups excluding carboxylic acids is 1. The van der Waals surface area contributed by atoms with Gasteiger partial charge in [-0.1, -0.05) is 48.4 Å². The first-order valence-corrected chi connectivity index (χ1v) is 13.7. The topological polar surface area (TPSA) is 79.1 Å². The monoisotopic (exact) mass is 604 g/mol. The minimum atomic E-state index is -0.708. The summed E-state index contributed by atoms with van der Waals surface area (Å²) in [6.45, 7) is 3.99. The summed E-state index contributed by atoms with van der Waals surface area (Å²) in [6, 6.07) is 10.1. The number of benzene rings is 2. The van der Waals surface area contributed by atoms with Gasteiger partial charge in [0, 0.05) is 0 Å². The summed E-state index contributed by atoms with van der Waals surface area (Å²) in [5.41, 5.74) is 2.22. The molecule has 10 heteroatoms. The molecule has 0 spiro atoms. The molecule has 0 saturated heterocycles. The number of methoxy groups -OCH3 is 2. The molecule has 2 heterocycles. The average molecular weight is 606 g/mol. The van der Waals surface area contributed by atoms with E-state index in [0.29, 0.717) is 48.0 Å². The van der Waals surface area contributed by atoms with Crippen LogP contribution >= 0.6 is 38.9 Å². The maximum Gasteiger partial charge on any atom is 0.338 e. The summed E-state index contributed by atoms with van der Waals surface area (Å²) in [4.78, 5) is 32.4. The van der Waals surface area contributed by atoms with Crippen molar-refractivity contribution >= 4 is 50.9 Å². The van der Waals surface area contributed by atoms with E-state index in [1.165, 1.54) is 11.3 Å². The number of ether oxygens (including phenoxy) is 3. The highest BCUT2D eigenvalue weighted by molar-refractivity contribution is 9.10. The van der Waals surface area contributed by atoms with E-state index in [2.05, 4.69) is 15.9 Å². The predicted molar refractivity (Wildman–Crippen MR) is 148 cm³/mol. The largest absolute Gasteiger partial charge is 0.496 e. The van der Waals surface area contributed by atoms with E-state index in [-0.39, 0.29) is 12.2 Å². The minimum absolute atomic E-state index is 0.212. The number of carbonyl (C=O) groups is 1. The summed E-state index contributed by atoms with van der Waals surface area (Å²) in [6.07, 6.45) is 3.12. The van der Waals surface area contributed by atoms with Crippen LogP contribution in [0.3, 0.4) is 0 Å². The number of hydrogen-bond acceptors (Lipinski definition) is 7. The van der Waals surface area contributed by atoms with Crippen molar-refractivity contribution < 1.29 is 19.0 Å². The molecule has 0 fully saturated rings. The summed E-state index contributed by atoms with van der Waals surface area (Å²) in [5, 5.41) is 0.444. The van der Waals surface area contributed by atoms with Gasteiger partial charge in [0.25, 0.3) is 5.56 Å². The van der Waals surface area contributed by atoms with Crippen LogP contribution < -0.4 is 24.4 Å². The Bertz CT molecular complexity index is 1560. The molecule has 0 radical (unpaired) electrons. The van der Waals surface area contributed by atoms with E-state index in [0.717, 1.165) is 17.5 Å². The third-order valence-corrected chi connectivity index (χ3v) is 7.76. The van der Waals surface area contributed by atoms with Crippen molar-refractivity contribution in [3.63, 3.8) is 0 Å². The van der Waals surface area contributed by atoms with Crippen LogP contribution in [-0.4, -0.2) is 31.4 Å². The second-order valence-corrected chi connectivity index (χ2v) is 10.5. The fourth-order valence-corrected chi connectivity index (χ4v) is 6.06. The zero-order valence-corrected chi connectivity index (χ0v) is 24.0. The second kappa shape index (κ2) is 11.7. The van der Waals surface area contributed by atoms with Gasteiger partial charge in [-0.3, -0.25) is 9.36 Å². The Balaban J connectivity index is 1.98. The number of thiazole rings is 1. The van der Waals surface area contributed by atoms with Crippen molar-refractivity contribution in [2.45, 2.75) is 32.7 Å². The molecule has 0 saturated carbocycles. The smallest absolute Gasteiger partial charge is 0.338 e. The number of allylic oxidation sites excluding steroid dienone is 1. The molecule has 0 N–H and O–H groups in total. The molecule has 1 aliphatic rings. The van der Waals surface area contributed by atoms with Gasteiger partial charge in [-0.15, -0.1) is 0 Å². The Morgan fingerprint density at radius 2 is 1.89 bits per heavy atom. The summed E-state index contributed by atoms with van der Waals surface area (Å²) in [5.74, 6) is 0.708. The molecule has 194 valence electrons. The summed E-state index contributed by atoms with van der Waals surface area (Å²) in [7, 11) is 3.13. The molecule has 0 amide bonds. The molecule has 2 aromatic carbocycles. The fraction of sp³-hybridized carbons (Fsp3) is 0.296. The lowest BCUT2D eigenvalue weighted by molar-refractivity contribution is -0.139. The van der Waals surface area contributed by atoms with E-state index in [1.807, 2.05) is 25.1 Å². The first-order chi connectivity index (χ1) is 17.8. The summed E-state index contributed by atoms with van der Waals surface area (Å²) >= 11 is 11.1. The van der Waals surface area contributed by atoms with Crippen LogP contribution in [-0.2, 0) is 9.53 Å². The molecule has 4 rings (SSSR count). The van der Waals surface area contributed by atoms with Crippen molar-refractivity contribution in [1.29, 1.82) is 0 Å². The number of hydrogen-bond donors (Lipinski definition) is 0. The van der Waals surface area contributed by atoms with E-state index >= 15 is 0 Å². The maximum atomic E-state index is 13.8. The SMILES string of the molecule is CCCC1=C(C(=O)OCC)[C@H](c2ccc(OC)c(Br)c2)n2c(s/c(=C/c3ccc(OC)c(Cl)c3)c2=O)=N1. The zero-order valence-electron chi connectivity index (χ0n) is 20.8. The van der Waals surface area contributed by atoms with Gasteiger partial charge in [0.15, 0.2) is 4.80 Å². The molecular formula is C27H26BrClN2O5S. The number of halogens is 2. The van der Waals surface area contributed by atoms with Gasteiger partial charge in [-0.25, -0.2) is 9.79 Å². The molecule has 3 aromatic rings. The predicted octanol–water partition coefficient (Wildman–Crippen LogP) is 5.01. The molecule has 1 aromatic heterocycles. The van der Waals surface area contributed by atoms with E-state index < -0.39 is 12.0 Å². The first-order valence-electron chi connectivity index (χ1n) is 11.7. The van der Waals surface area contributed by atoms with E-state index in [4.69, 9.17) is 30.8 Å². The third-order valence-electron chi connectivity index (χ3n) is 5.86. The van der Waals surface area contributed by atoms with Crippen molar-refractivity contribution in [3.05, 3.63) is 88.0 Å². The van der Waals surface area contributed by atoms with Gasteiger partial charge in [0.05, 0.1) is 52.2 Å². The van der Waals surface area contributed by atoms with Crippen LogP contribution in [0.5, 0.6) is 11.5 Å². The molecule has 0 unspecified atom stereocenters. The van der Waals surface area contributed by atoms with Crippen LogP contribution in [0.15, 0.2) is 61.9 Å². The van der Waals surface area contributed by atoms with Gasteiger partial charge in [-0.2, -0.15) is 0 Å². The van der Waals surface area contributed by atoms with Crippen LogP contribution in [0.1, 0.15) is 43.9 Å². The second-order valence-electron chi connectivity index (χ2n) is 8.20. The van der Waals surface area contributed by atoms with Crippen molar-refractivity contribution in [2.24, 2.45) is 4.99 Å². The maximum absolute atomic E-state index is 13.8. The number of fused-ring (bicyclic) bond motifs is 1. The van der Waals surface area contributed by atoms with Gasteiger partial charge in [-0.05, 0) is 70.7 Å². The molecule has 37 heavy (non-hydrogen) atoms. The highest BCUT2D eigenvalue weighted by Gasteiger charge is 2.34. The lowest BCUT2D eigenvalue weighted by Gasteiger charge is -2.26. The number of nitrogens with zero attached hydrogens (tertiary/aromatic N) is 2. The van der Waals surface area contributed by atoms with E-state index in [1.54, 1.807) is 50.0 Å². The lowest BCUT2D eigenvalue weighted by atomic mass is 9.94. The number of aromatic nitrogens is 1. The Morgan fingerprint density at radius 1 is 1.16 bits per heavy atom. The molecule has 0 bridgehead atoms. The Kier molecular flexibility index (Phi) is 8.56. The molecular weight excluding hydrogens is 580 g/mol. The van der Waals surface area contributed by atoms with Gasteiger partial charge < -0.3 is 14.2 Å². The Hall–Kier alpha value is -2.88. The van der Waals surface area contributed by atoms with Crippen LogP contribution in [0, 0.1) is 0 Å². The molecule has 0 aliphatic carbocycles. The Morgan fingerprint density at radius 3 is 2.51 bits per heavy atom. The number of esters is 1. The lowest BCUT2D eigenvalue weighted by Crippen LogP contribution is -2.40. The minimum Gasteiger partial charge on any atom is -0.496 e. The van der Waals surface area contributed by atoms with Crippen molar-refractivity contribution in [1.82, 2.24) is 4.57 Å². The molecule has 1 atom stereocenters. The van der Waals surface area contributed by atoms with Crippen molar-refractivity contribution in [2.75, 3.05) is 20.8 Å². The Labute approximate surface area is 231 Å².